The molecule has 1 N–H and O–H groups in total. The number of rotatable bonds is 4. The van der Waals surface area contributed by atoms with Crippen LogP contribution in [0.15, 0.2) is 52.6 Å². The van der Waals surface area contributed by atoms with Gasteiger partial charge >= 0.3 is 5.69 Å². The van der Waals surface area contributed by atoms with Gasteiger partial charge in [-0.15, -0.1) is 0 Å². The third-order valence-corrected chi connectivity index (χ3v) is 3.49. The van der Waals surface area contributed by atoms with Crippen molar-refractivity contribution >= 4 is 23.2 Å². The highest BCUT2D eigenvalue weighted by Gasteiger charge is 2.17. The number of halogens is 1. The van der Waals surface area contributed by atoms with Crippen LogP contribution in [-0.4, -0.2) is 15.0 Å². The van der Waals surface area contributed by atoms with Gasteiger partial charge in [0, 0.05) is 7.05 Å². The number of aromatic nitrogens is 2. The van der Waals surface area contributed by atoms with Crippen LogP contribution in [0.2, 0.25) is 5.15 Å². The number of nitrogens with one attached hydrogen (secondary N) is 1. The average Bonchev–Trinajstić information content (AvgIpc) is 2.54. The molecule has 6 nitrogen and oxygen atoms in total. The van der Waals surface area contributed by atoms with Gasteiger partial charge in [0.05, 0.1) is 6.54 Å². The number of amides is 1. The van der Waals surface area contributed by atoms with Gasteiger partial charge in [0.2, 0.25) is 5.91 Å². The summed E-state index contributed by atoms with van der Waals surface area (Å²) in [5.74, 6) is -0.580. The Morgan fingerprint density at radius 3 is 2.55 bits per heavy atom. The van der Waals surface area contributed by atoms with E-state index in [0.29, 0.717) is 0 Å². The molecule has 0 atom stereocenters. The Hall–Kier alpha value is -2.60. The second-order valence-corrected chi connectivity index (χ2v) is 4.94. The van der Waals surface area contributed by atoms with Crippen molar-refractivity contribution in [3.05, 3.63) is 74.5 Å². The number of hydrogen-bond acceptors (Lipinski definition) is 3. The molecule has 0 aliphatic carbocycles. The van der Waals surface area contributed by atoms with E-state index in [1.54, 1.807) is 0 Å². The van der Waals surface area contributed by atoms with E-state index in [4.69, 9.17) is 11.6 Å². The number of carbonyl (C=O) groups is 1. The minimum atomic E-state index is -0.672. The van der Waals surface area contributed by atoms with Gasteiger partial charge in [-0.2, -0.15) is 0 Å². The minimum absolute atomic E-state index is 0.118. The number of carbonyl (C=O) groups excluding carboxylic acids is 1. The quantitative estimate of drug-likeness (QED) is 0.683. The van der Waals surface area contributed by atoms with E-state index in [-0.39, 0.29) is 17.4 Å². The Bertz CT molecular complexity index is 838. The van der Waals surface area contributed by atoms with Gasteiger partial charge in [0.25, 0.3) is 5.56 Å². The fourth-order valence-corrected chi connectivity index (χ4v) is 2.19. The number of benzene rings is 1. The van der Waals surface area contributed by atoms with Crippen LogP contribution < -0.4 is 16.6 Å². The van der Waals surface area contributed by atoms with Crippen molar-refractivity contribution in [2.45, 2.75) is 6.54 Å². The second-order valence-electron chi connectivity index (χ2n) is 4.58. The molecule has 1 heterocycles. The van der Waals surface area contributed by atoms with Crippen LogP contribution in [0.25, 0.3) is 0 Å². The highest BCUT2D eigenvalue weighted by atomic mass is 35.5. The standard InChI is InChI=1S/C15H14ClN3O3/c1-3-11(20)17-12-13(16)19(15(22)18(2)14(12)21)9-10-7-5-4-6-8-10/h3-8H,1,9H2,2H3,(H,17,20). The van der Waals surface area contributed by atoms with Crippen molar-refractivity contribution < 1.29 is 4.79 Å². The maximum Gasteiger partial charge on any atom is 0.332 e. The third-order valence-electron chi connectivity index (χ3n) is 3.10. The van der Waals surface area contributed by atoms with Crippen molar-refractivity contribution in [1.29, 1.82) is 0 Å². The first-order valence-electron chi connectivity index (χ1n) is 6.42. The summed E-state index contributed by atoms with van der Waals surface area (Å²) >= 11 is 6.14. The lowest BCUT2D eigenvalue weighted by atomic mass is 10.2. The van der Waals surface area contributed by atoms with Crippen LogP contribution in [0.4, 0.5) is 5.69 Å². The van der Waals surface area contributed by atoms with Crippen molar-refractivity contribution in [2.75, 3.05) is 5.32 Å². The molecular weight excluding hydrogens is 306 g/mol. The van der Waals surface area contributed by atoms with Crippen molar-refractivity contribution in [1.82, 2.24) is 9.13 Å². The normalized spacial score (nSPS) is 10.3. The summed E-state index contributed by atoms with van der Waals surface area (Å²) in [6.45, 7) is 3.50. The summed E-state index contributed by atoms with van der Waals surface area (Å²) in [4.78, 5) is 35.7. The van der Waals surface area contributed by atoms with Gasteiger partial charge in [-0.1, -0.05) is 48.5 Å². The van der Waals surface area contributed by atoms with E-state index in [0.717, 1.165) is 16.2 Å². The summed E-state index contributed by atoms with van der Waals surface area (Å²) in [6, 6.07) is 9.17. The highest BCUT2D eigenvalue weighted by molar-refractivity contribution is 6.32. The van der Waals surface area contributed by atoms with Crippen LogP contribution >= 0.6 is 11.6 Å². The lowest BCUT2D eigenvalue weighted by molar-refractivity contribution is -0.111. The predicted molar refractivity (Wildman–Crippen MR) is 85.3 cm³/mol. The van der Waals surface area contributed by atoms with Gasteiger partial charge in [-0.3, -0.25) is 18.7 Å². The molecule has 0 aliphatic rings. The molecule has 2 rings (SSSR count). The Balaban J connectivity index is 2.59. The first kappa shape index (κ1) is 15.8. The van der Waals surface area contributed by atoms with Crippen molar-refractivity contribution in [2.24, 2.45) is 7.05 Å². The fourth-order valence-electron chi connectivity index (χ4n) is 1.93. The monoisotopic (exact) mass is 319 g/mol. The van der Waals surface area contributed by atoms with Gasteiger partial charge in [-0.25, -0.2) is 4.79 Å². The van der Waals surface area contributed by atoms with Gasteiger partial charge in [-0.05, 0) is 11.6 Å². The summed E-state index contributed by atoms with van der Waals surface area (Å²) in [5, 5.41) is 2.22. The maximum absolute atomic E-state index is 12.2. The molecule has 22 heavy (non-hydrogen) atoms. The zero-order chi connectivity index (χ0) is 16.3. The van der Waals surface area contributed by atoms with Crippen LogP contribution in [0.3, 0.4) is 0 Å². The van der Waals surface area contributed by atoms with Crippen molar-refractivity contribution in [3.63, 3.8) is 0 Å². The molecule has 0 saturated carbocycles. The maximum atomic E-state index is 12.2. The molecule has 0 radical (unpaired) electrons. The Labute approximate surface area is 131 Å². The molecule has 1 amide bonds. The largest absolute Gasteiger partial charge is 0.332 e. The molecule has 0 unspecified atom stereocenters. The van der Waals surface area contributed by atoms with Crippen molar-refractivity contribution in [3.8, 4) is 0 Å². The van der Waals surface area contributed by atoms with E-state index >= 15 is 0 Å². The molecule has 0 fully saturated rings. The Kier molecular flexibility index (Phi) is 4.62. The summed E-state index contributed by atoms with van der Waals surface area (Å²) < 4.78 is 2.12. The minimum Gasteiger partial charge on any atom is -0.315 e. The van der Waals surface area contributed by atoms with Crippen LogP contribution in [0.5, 0.6) is 0 Å². The summed E-state index contributed by atoms with van der Waals surface area (Å²) in [5.41, 5.74) is -0.541. The van der Waals surface area contributed by atoms with Gasteiger partial charge < -0.3 is 5.32 Å². The molecule has 0 saturated heterocycles. The summed E-state index contributed by atoms with van der Waals surface area (Å²) in [6.07, 6.45) is 1.02. The van der Waals surface area contributed by atoms with E-state index in [2.05, 4.69) is 11.9 Å². The second kappa shape index (κ2) is 6.44. The molecule has 0 aliphatic heterocycles. The smallest absolute Gasteiger partial charge is 0.315 e. The summed E-state index contributed by atoms with van der Waals surface area (Å²) in [7, 11) is 1.33. The zero-order valence-corrected chi connectivity index (χ0v) is 12.6. The first-order chi connectivity index (χ1) is 10.5. The average molecular weight is 320 g/mol. The van der Waals surface area contributed by atoms with Crippen LogP contribution in [-0.2, 0) is 18.4 Å². The predicted octanol–water partition coefficient (Wildman–Crippen LogP) is 1.37. The molecule has 0 spiro atoms. The zero-order valence-electron chi connectivity index (χ0n) is 11.9. The molecule has 1 aromatic carbocycles. The van der Waals surface area contributed by atoms with E-state index in [1.807, 2.05) is 30.3 Å². The number of nitrogens with zero attached hydrogens (tertiary/aromatic N) is 2. The van der Waals surface area contributed by atoms with Crippen LogP contribution in [0.1, 0.15) is 5.56 Å². The molecule has 1 aromatic heterocycles. The first-order valence-corrected chi connectivity index (χ1v) is 6.80. The molecule has 7 heteroatoms. The van der Waals surface area contributed by atoms with Crippen LogP contribution in [0, 0.1) is 0 Å². The topological polar surface area (TPSA) is 73.1 Å². The third kappa shape index (κ3) is 3.01. The molecule has 0 bridgehead atoms. The fraction of sp³-hybridized carbons (Fsp3) is 0.133. The van der Waals surface area contributed by atoms with E-state index in [1.165, 1.54) is 11.6 Å². The SMILES string of the molecule is C=CC(=O)Nc1c(Cl)n(Cc2ccccc2)c(=O)n(C)c1=O. The van der Waals surface area contributed by atoms with E-state index in [9.17, 15) is 14.4 Å². The molecule has 114 valence electrons. The van der Waals surface area contributed by atoms with Gasteiger partial charge in [0.1, 0.15) is 10.8 Å². The number of anilines is 1. The lowest BCUT2D eigenvalue weighted by Crippen LogP contribution is -2.40. The lowest BCUT2D eigenvalue weighted by Gasteiger charge is -2.14. The van der Waals surface area contributed by atoms with E-state index < -0.39 is 17.2 Å². The Morgan fingerprint density at radius 1 is 1.32 bits per heavy atom. The van der Waals surface area contributed by atoms with Gasteiger partial charge in [0.15, 0.2) is 0 Å². The highest BCUT2D eigenvalue weighted by Crippen LogP contribution is 2.16. The molecule has 2 aromatic rings. The molecular formula is C15H14ClN3O3. The number of hydrogen-bond donors (Lipinski definition) is 1. The Morgan fingerprint density at radius 2 is 1.95 bits per heavy atom.